The molecule has 3 nitrogen and oxygen atoms in total. The summed E-state index contributed by atoms with van der Waals surface area (Å²) in [5.41, 5.74) is 9.18. The second kappa shape index (κ2) is 4.09. The van der Waals surface area contributed by atoms with Gasteiger partial charge >= 0.3 is 0 Å². The van der Waals surface area contributed by atoms with Crippen molar-refractivity contribution >= 4 is 5.82 Å². The number of aromatic nitrogens is 1. The summed E-state index contributed by atoms with van der Waals surface area (Å²) in [6.45, 7) is 0.782. The van der Waals surface area contributed by atoms with Crippen LogP contribution in [0.25, 0.3) is 11.1 Å². The van der Waals surface area contributed by atoms with Crippen molar-refractivity contribution < 1.29 is 4.74 Å². The van der Waals surface area contributed by atoms with Crippen molar-refractivity contribution in [1.82, 2.24) is 4.98 Å². The molecule has 0 spiro atoms. The molecule has 1 aromatic heterocycles. The van der Waals surface area contributed by atoms with Crippen LogP contribution in [0.1, 0.15) is 12.0 Å². The monoisotopic (exact) mass is 226 g/mol. The van der Waals surface area contributed by atoms with Gasteiger partial charge in [-0.15, -0.1) is 0 Å². The molecule has 0 radical (unpaired) electrons. The molecule has 2 aromatic rings. The van der Waals surface area contributed by atoms with Gasteiger partial charge in [0.15, 0.2) is 0 Å². The minimum absolute atomic E-state index is 0.551. The van der Waals surface area contributed by atoms with E-state index in [1.54, 1.807) is 6.20 Å². The lowest BCUT2D eigenvalue weighted by atomic mass is 9.98. The van der Waals surface area contributed by atoms with Crippen LogP contribution in [0.15, 0.2) is 36.5 Å². The molecular weight excluding hydrogens is 212 g/mol. The van der Waals surface area contributed by atoms with E-state index in [-0.39, 0.29) is 0 Å². The number of aryl methyl sites for hydroxylation is 1. The van der Waals surface area contributed by atoms with Crippen molar-refractivity contribution in [3.63, 3.8) is 0 Å². The minimum Gasteiger partial charge on any atom is -0.493 e. The number of nitrogen functional groups attached to an aromatic ring is 1. The van der Waals surface area contributed by atoms with Gasteiger partial charge in [0.2, 0.25) is 0 Å². The van der Waals surface area contributed by atoms with Crippen LogP contribution in [0.2, 0.25) is 0 Å². The van der Waals surface area contributed by atoms with Gasteiger partial charge < -0.3 is 10.5 Å². The molecule has 86 valence electrons. The van der Waals surface area contributed by atoms with Gasteiger partial charge in [-0.3, -0.25) is 0 Å². The average Bonchev–Trinajstić information content (AvgIpc) is 2.39. The number of pyridine rings is 1. The Morgan fingerprint density at radius 2 is 2.00 bits per heavy atom. The molecule has 0 atom stereocenters. The maximum absolute atomic E-state index is 5.92. The zero-order valence-electron chi connectivity index (χ0n) is 9.52. The van der Waals surface area contributed by atoms with Crippen LogP contribution >= 0.6 is 0 Å². The number of hydrogen-bond acceptors (Lipinski definition) is 3. The summed E-state index contributed by atoms with van der Waals surface area (Å²) in [4.78, 5) is 4.13. The zero-order valence-corrected chi connectivity index (χ0v) is 9.52. The van der Waals surface area contributed by atoms with E-state index in [0.29, 0.717) is 5.82 Å². The Labute approximate surface area is 100 Å². The molecule has 1 aliphatic heterocycles. The van der Waals surface area contributed by atoms with Crippen molar-refractivity contribution in [2.45, 2.75) is 12.8 Å². The molecule has 0 amide bonds. The first-order valence-corrected chi connectivity index (χ1v) is 5.82. The van der Waals surface area contributed by atoms with Gasteiger partial charge in [0.05, 0.1) is 6.61 Å². The maximum Gasteiger partial charge on any atom is 0.131 e. The van der Waals surface area contributed by atoms with Crippen LogP contribution in [0.4, 0.5) is 5.82 Å². The minimum atomic E-state index is 0.551. The van der Waals surface area contributed by atoms with E-state index in [0.717, 1.165) is 36.3 Å². The molecule has 0 unspecified atom stereocenters. The number of rotatable bonds is 1. The SMILES string of the molecule is Nc1ncccc1-c1cccc2c1OCCC2. The number of para-hydroxylation sites is 1. The van der Waals surface area contributed by atoms with Crippen LogP contribution in [-0.2, 0) is 6.42 Å². The van der Waals surface area contributed by atoms with Gasteiger partial charge in [-0.25, -0.2) is 4.98 Å². The molecule has 1 aliphatic rings. The lowest BCUT2D eigenvalue weighted by Gasteiger charge is -2.20. The Bertz CT molecular complexity index is 552. The fourth-order valence-electron chi connectivity index (χ4n) is 2.25. The third kappa shape index (κ3) is 1.73. The van der Waals surface area contributed by atoms with E-state index in [2.05, 4.69) is 17.1 Å². The lowest BCUT2D eigenvalue weighted by molar-refractivity contribution is 0.289. The standard InChI is InChI=1S/C14H14N2O/c15-14-12(7-2-8-16-14)11-6-1-4-10-5-3-9-17-13(10)11/h1-2,4,6-8H,3,5,9H2,(H2,15,16). The van der Waals surface area contributed by atoms with E-state index in [1.165, 1.54) is 5.56 Å². The van der Waals surface area contributed by atoms with Crippen molar-refractivity contribution in [2.75, 3.05) is 12.3 Å². The van der Waals surface area contributed by atoms with Crippen LogP contribution < -0.4 is 10.5 Å². The second-order valence-corrected chi connectivity index (χ2v) is 4.18. The van der Waals surface area contributed by atoms with E-state index in [1.807, 2.05) is 18.2 Å². The number of hydrogen-bond donors (Lipinski definition) is 1. The van der Waals surface area contributed by atoms with Crippen LogP contribution in [-0.4, -0.2) is 11.6 Å². The average molecular weight is 226 g/mol. The Morgan fingerprint density at radius 3 is 2.88 bits per heavy atom. The van der Waals surface area contributed by atoms with E-state index in [4.69, 9.17) is 10.5 Å². The number of anilines is 1. The topological polar surface area (TPSA) is 48.1 Å². The van der Waals surface area contributed by atoms with Gasteiger partial charge in [-0.2, -0.15) is 0 Å². The predicted octanol–water partition coefficient (Wildman–Crippen LogP) is 2.66. The first kappa shape index (κ1) is 10.1. The number of nitrogens with zero attached hydrogens (tertiary/aromatic N) is 1. The van der Waals surface area contributed by atoms with Gasteiger partial charge in [0.25, 0.3) is 0 Å². The van der Waals surface area contributed by atoms with Crippen LogP contribution in [0, 0.1) is 0 Å². The third-order valence-electron chi connectivity index (χ3n) is 3.06. The smallest absolute Gasteiger partial charge is 0.131 e. The van der Waals surface area contributed by atoms with Gasteiger partial charge in [0.1, 0.15) is 11.6 Å². The predicted molar refractivity (Wildman–Crippen MR) is 67.9 cm³/mol. The van der Waals surface area contributed by atoms with E-state index < -0.39 is 0 Å². The summed E-state index contributed by atoms with van der Waals surface area (Å²) >= 11 is 0. The largest absolute Gasteiger partial charge is 0.493 e. The molecule has 1 aromatic carbocycles. The van der Waals surface area contributed by atoms with Crippen LogP contribution in [0.3, 0.4) is 0 Å². The van der Waals surface area contributed by atoms with Gasteiger partial charge in [-0.05, 0) is 30.5 Å². The first-order chi connectivity index (χ1) is 8.36. The number of ether oxygens (including phenoxy) is 1. The van der Waals surface area contributed by atoms with Crippen molar-refractivity contribution in [2.24, 2.45) is 0 Å². The Balaban J connectivity index is 2.18. The maximum atomic E-state index is 5.92. The van der Waals surface area contributed by atoms with Gasteiger partial charge in [-0.1, -0.05) is 18.2 Å². The third-order valence-corrected chi connectivity index (χ3v) is 3.06. The molecule has 0 saturated carbocycles. The molecule has 0 aliphatic carbocycles. The molecule has 0 bridgehead atoms. The highest BCUT2D eigenvalue weighted by Crippen LogP contribution is 2.37. The fraction of sp³-hybridized carbons (Fsp3) is 0.214. The van der Waals surface area contributed by atoms with Crippen LogP contribution in [0.5, 0.6) is 5.75 Å². The molecule has 2 N–H and O–H groups in total. The summed E-state index contributed by atoms with van der Waals surface area (Å²) in [7, 11) is 0. The molecule has 2 heterocycles. The second-order valence-electron chi connectivity index (χ2n) is 4.18. The molecule has 0 fully saturated rings. The molecule has 3 heteroatoms. The number of fused-ring (bicyclic) bond motifs is 1. The summed E-state index contributed by atoms with van der Waals surface area (Å²) in [5, 5.41) is 0. The van der Waals surface area contributed by atoms with E-state index in [9.17, 15) is 0 Å². The summed E-state index contributed by atoms with van der Waals surface area (Å²) < 4.78 is 5.78. The quantitative estimate of drug-likeness (QED) is 0.813. The Hall–Kier alpha value is -2.03. The summed E-state index contributed by atoms with van der Waals surface area (Å²) in [5.74, 6) is 1.52. The Kier molecular flexibility index (Phi) is 2.44. The first-order valence-electron chi connectivity index (χ1n) is 5.82. The highest BCUT2D eigenvalue weighted by Gasteiger charge is 2.16. The zero-order chi connectivity index (χ0) is 11.7. The van der Waals surface area contributed by atoms with E-state index >= 15 is 0 Å². The lowest BCUT2D eigenvalue weighted by Crippen LogP contribution is -2.09. The molecule has 17 heavy (non-hydrogen) atoms. The van der Waals surface area contributed by atoms with Crippen molar-refractivity contribution in [3.05, 3.63) is 42.1 Å². The number of benzene rings is 1. The van der Waals surface area contributed by atoms with Gasteiger partial charge in [0, 0.05) is 17.3 Å². The molecule has 0 saturated heterocycles. The normalized spacial score (nSPS) is 13.9. The number of nitrogens with two attached hydrogens (primary N) is 1. The van der Waals surface area contributed by atoms with Crippen molar-refractivity contribution in [1.29, 1.82) is 0 Å². The molecular formula is C14H14N2O. The summed E-state index contributed by atoms with van der Waals surface area (Å²) in [6, 6.07) is 10.1. The Morgan fingerprint density at radius 1 is 1.12 bits per heavy atom. The fourth-order valence-corrected chi connectivity index (χ4v) is 2.25. The highest BCUT2D eigenvalue weighted by molar-refractivity contribution is 5.79. The summed E-state index contributed by atoms with van der Waals surface area (Å²) in [6.07, 6.45) is 3.86. The highest BCUT2D eigenvalue weighted by atomic mass is 16.5. The molecule has 3 rings (SSSR count). The van der Waals surface area contributed by atoms with Crippen molar-refractivity contribution in [3.8, 4) is 16.9 Å².